The lowest BCUT2D eigenvalue weighted by atomic mass is 10.1. The number of hydrogen-bond donors (Lipinski definition) is 1. The van der Waals surface area contributed by atoms with Crippen molar-refractivity contribution in [2.24, 2.45) is 0 Å². The van der Waals surface area contributed by atoms with Crippen molar-refractivity contribution >= 4 is 5.69 Å². The molecule has 0 amide bonds. The number of aliphatic hydroxyl groups excluding tert-OH is 1. The van der Waals surface area contributed by atoms with Crippen LogP contribution in [0.25, 0.3) is 0 Å². The fourth-order valence-electron chi connectivity index (χ4n) is 3.39. The second kappa shape index (κ2) is 10.8. The van der Waals surface area contributed by atoms with E-state index >= 15 is 0 Å². The number of nitrogens with zero attached hydrogens (tertiary/aromatic N) is 2. The first-order valence-electron chi connectivity index (χ1n) is 10.1. The zero-order valence-electron chi connectivity index (χ0n) is 17.0. The smallest absolute Gasteiger partial charge is 0.416 e. The number of aliphatic hydroxyl groups is 1. The summed E-state index contributed by atoms with van der Waals surface area (Å²) in [7, 11) is 0. The van der Waals surface area contributed by atoms with Gasteiger partial charge >= 0.3 is 6.18 Å². The standard InChI is InChI=1S/C22H26F4N2O3/c23-18-4-6-21(7-5-18)31-13-12-30-16-20(29)15-27-8-10-28(11-9-27)19-3-1-2-17(14-19)22(24,25)26/h1-7,14,20,29H,8-13,15-16H2. The summed E-state index contributed by atoms with van der Waals surface area (Å²) >= 11 is 0. The molecule has 1 unspecified atom stereocenters. The average Bonchev–Trinajstić information content (AvgIpc) is 2.75. The molecule has 170 valence electrons. The highest BCUT2D eigenvalue weighted by Crippen LogP contribution is 2.31. The summed E-state index contributed by atoms with van der Waals surface area (Å²) in [5.74, 6) is 0.214. The van der Waals surface area contributed by atoms with Crippen molar-refractivity contribution in [1.82, 2.24) is 4.90 Å². The molecule has 0 aromatic heterocycles. The van der Waals surface area contributed by atoms with E-state index in [-0.39, 0.29) is 25.6 Å². The molecule has 1 aliphatic rings. The number of benzene rings is 2. The molecule has 1 heterocycles. The van der Waals surface area contributed by atoms with E-state index in [1.807, 2.05) is 4.90 Å². The lowest BCUT2D eigenvalue weighted by Crippen LogP contribution is -2.49. The minimum Gasteiger partial charge on any atom is -0.491 e. The van der Waals surface area contributed by atoms with Crippen LogP contribution in [0.5, 0.6) is 5.75 Å². The number of halogens is 4. The van der Waals surface area contributed by atoms with Gasteiger partial charge in [0, 0.05) is 38.4 Å². The fourth-order valence-corrected chi connectivity index (χ4v) is 3.39. The van der Waals surface area contributed by atoms with E-state index in [1.54, 1.807) is 6.07 Å². The van der Waals surface area contributed by atoms with Gasteiger partial charge in [0.15, 0.2) is 0 Å². The predicted molar refractivity (Wildman–Crippen MR) is 109 cm³/mol. The zero-order valence-corrected chi connectivity index (χ0v) is 17.0. The molecule has 3 rings (SSSR count). The van der Waals surface area contributed by atoms with Crippen LogP contribution in [0.3, 0.4) is 0 Å². The molecule has 1 N–H and O–H groups in total. The van der Waals surface area contributed by atoms with E-state index in [0.717, 1.165) is 6.07 Å². The van der Waals surface area contributed by atoms with Crippen LogP contribution < -0.4 is 9.64 Å². The first kappa shape index (κ1) is 23.3. The maximum Gasteiger partial charge on any atom is 0.416 e. The van der Waals surface area contributed by atoms with Crippen molar-refractivity contribution in [3.63, 3.8) is 0 Å². The van der Waals surface area contributed by atoms with Crippen molar-refractivity contribution in [2.75, 3.05) is 57.4 Å². The Morgan fingerprint density at radius 1 is 0.968 bits per heavy atom. The minimum absolute atomic E-state index is 0.153. The van der Waals surface area contributed by atoms with Crippen LogP contribution in [0.2, 0.25) is 0 Å². The van der Waals surface area contributed by atoms with E-state index in [0.29, 0.717) is 44.2 Å². The Kier molecular flexibility index (Phi) is 8.11. The topological polar surface area (TPSA) is 45.2 Å². The van der Waals surface area contributed by atoms with Crippen LogP contribution >= 0.6 is 0 Å². The van der Waals surface area contributed by atoms with Crippen molar-refractivity contribution < 1.29 is 32.1 Å². The number of anilines is 1. The molecule has 2 aromatic rings. The van der Waals surface area contributed by atoms with Crippen LogP contribution in [0, 0.1) is 5.82 Å². The maximum atomic E-state index is 12.9. The predicted octanol–water partition coefficient (Wildman–Crippen LogP) is 3.42. The number of rotatable bonds is 9. The molecule has 1 fully saturated rings. The molecule has 0 saturated carbocycles. The van der Waals surface area contributed by atoms with Crippen LogP contribution in [0.1, 0.15) is 5.56 Å². The first-order valence-corrected chi connectivity index (χ1v) is 10.1. The Morgan fingerprint density at radius 2 is 1.68 bits per heavy atom. The summed E-state index contributed by atoms with van der Waals surface area (Å²) in [6.07, 6.45) is -5.03. The van der Waals surface area contributed by atoms with Crippen LogP contribution in [0.4, 0.5) is 23.2 Å². The van der Waals surface area contributed by atoms with E-state index < -0.39 is 17.8 Å². The van der Waals surface area contributed by atoms with Crippen molar-refractivity contribution in [1.29, 1.82) is 0 Å². The lowest BCUT2D eigenvalue weighted by Gasteiger charge is -2.37. The van der Waals surface area contributed by atoms with Crippen molar-refractivity contribution in [3.8, 4) is 5.75 Å². The van der Waals surface area contributed by atoms with E-state index in [9.17, 15) is 22.7 Å². The molecule has 1 atom stereocenters. The van der Waals surface area contributed by atoms with Gasteiger partial charge in [0.1, 0.15) is 18.2 Å². The number of alkyl halides is 3. The summed E-state index contributed by atoms with van der Waals surface area (Å²) in [6.45, 7) is 3.60. The number of piperazine rings is 1. The summed E-state index contributed by atoms with van der Waals surface area (Å²) in [5, 5.41) is 10.2. The Balaban J connectivity index is 1.32. The third kappa shape index (κ3) is 7.37. The summed E-state index contributed by atoms with van der Waals surface area (Å²) in [5.41, 5.74) is -0.0945. The molecule has 1 aliphatic heterocycles. The van der Waals surface area contributed by atoms with Gasteiger partial charge in [-0.3, -0.25) is 4.90 Å². The van der Waals surface area contributed by atoms with Crippen molar-refractivity contribution in [2.45, 2.75) is 12.3 Å². The van der Waals surface area contributed by atoms with Gasteiger partial charge in [0.2, 0.25) is 0 Å². The summed E-state index contributed by atoms with van der Waals surface area (Å²) < 4.78 is 62.4. The summed E-state index contributed by atoms with van der Waals surface area (Å²) in [4.78, 5) is 3.98. The molecule has 1 saturated heterocycles. The number of β-amino-alcohol motifs (C(OH)–C–C–N with tert-alkyl or cyclic N) is 1. The Labute approximate surface area is 178 Å². The molecule has 2 aromatic carbocycles. The minimum atomic E-state index is -4.36. The fraction of sp³-hybridized carbons (Fsp3) is 0.455. The molecule has 0 radical (unpaired) electrons. The molecule has 5 nitrogen and oxygen atoms in total. The normalized spacial score (nSPS) is 16.4. The highest BCUT2D eigenvalue weighted by Gasteiger charge is 2.31. The van der Waals surface area contributed by atoms with Crippen molar-refractivity contribution in [3.05, 3.63) is 59.9 Å². The second-order valence-electron chi connectivity index (χ2n) is 7.37. The van der Waals surface area contributed by atoms with Gasteiger partial charge in [0.05, 0.1) is 24.9 Å². The largest absolute Gasteiger partial charge is 0.491 e. The van der Waals surface area contributed by atoms with Gasteiger partial charge in [-0.15, -0.1) is 0 Å². The van der Waals surface area contributed by atoms with Gasteiger partial charge in [-0.1, -0.05) is 6.07 Å². The molecule has 31 heavy (non-hydrogen) atoms. The summed E-state index contributed by atoms with van der Waals surface area (Å²) in [6, 6.07) is 11.0. The van der Waals surface area contributed by atoms with E-state index in [2.05, 4.69) is 4.90 Å². The molecular weight excluding hydrogens is 416 g/mol. The quantitative estimate of drug-likeness (QED) is 0.476. The number of ether oxygens (including phenoxy) is 2. The lowest BCUT2D eigenvalue weighted by molar-refractivity contribution is -0.137. The van der Waals surface area contributed by atoms with Crippen LogP contribution in [0.15, 0.2) is 48.5 Å². The second-order valence-corrected chi connectivity index (χ2v) is 7.37. The highest BCUT2D eigenvalue weighted by molar-refractivity contribution is 5.49. The van der Waals surface area contributed by atoms with Gasteiger partial charge in [-0.05, 0) is 42.5 Å². The van der Waals surface area contributed by atoms with E-state index in [4.69, 9.17) is 9.47 Å². The monoisotopic (exact) mass is 442 g/mol. The highest BCUT2D eigenvalue weighted by atomic mass is 19.4. The molecular formula is C22H26F4N2O3. The number of hydrogen-bond acceptors (Lipinski definition) is 5. The Hall–Kier alpha value is -2.36. The van der Waals surface area contributed by atoms with Gasteiger partial charge in [0.25, 0.3) is 0 Å². The maximum absolute atomic E-state index is 12.9. The van der Waals surface area contributed by atoms with Crippen LogP contribution in [-0.4, -0.2) is 68.7 Å². The first-order chi connectivity index (χ1) is 14.8. The van der Waals surface area contributed by atoms with E-state index in [1.165, 1.54) is 36.4 Å². The molecule has 0 spiro atoms. The molecule has 0 aliphatic carbocycles. The Bertz CT molecular complexity index is 809. The third-order valence-corrected chi connectivity index (χ3v) is 5.00. The van der Waals surface area contributed by atoms with Gasteiger partial charge < -0.3 is 19.5 Å². The molecule has 0 bridgehead atoms. The third-order valence-electron chi connectivity index (χ3n) is 5.00. The zero-order chi connectivity index (χ0) is 22.3. The SMILES string of the molecule is OC(COCCOc1ccc(F)cc1)CN1CCN(c2cccc(C(F)(F)F)c2)CC1. The average molecular weight is 442 g/mol. The van der Waals surface area contributed by atoms with Crippen LogP contribution in [-0.2, 0) is 10.9 Å². The van der Waals surface area contributed by atoms with Gasteiger partial charge in [-0.2, -0.15) is 13.2 Å². The Morgan fingerprint density at radius 3 is 2.35 bits per heavy atom. The molecule has 9 heteroatoms. The van der Waals surface area contributed by atoms with Gasteiger partial charge in [-0.25, -0.2) is 4.39 Å².